The zero-order valence-electron chi connectivity index (χ0n) is 13.1. The number of fused-ring (bicyclic) bond motifs is 1. The molecule has 24 heavy (non-hydrogen) atoms. The molecule has 4 rings (SSSR count). The molecule has 0 amide bonds. The maximum absolute atomic E-state index is 4.72. The van der Waals surface area contributed by atoms with E-state index >= 15 is 0 Å². The zero-order chi connectivity index (χ0) is 16.4. The van der Waals surface area contributed by atoms with Gasteiger partial charge in [0.1, 0.15) is 5.82 Å². The van der Waals surface area contributed by atoms with Crippen molar-refractivity contribution >= 4 is 22.4 Å². The van der Waals surface area contributed by atoms with Crippen molar-refractivity contribution in [2.45, 2.75) is 6.92 Å². The minimum atomic E-state index is 0.646. The standard InChI is InChI=1S/C19H15N5/c1-13-3-2-4-15(11-13)22-19-16-7-10-21-12-17(16)23-18(24-19)14-5-8-20-9-6-14/h2-12H,1H3,(H,22,23,24). The molecule has 0 aliphatic carbocycles. The van der Waals surface area contributed by atoms with Gasteiger partial charge in [-0.2, -0.15) is 0 Å². The molecule has 1 aromatic carbocycles. The fourth-order valence-corrected chi connectivity index (χ4v) is 2.57. The van der Waals surface area contributed by atoms with E-state index in [9.17, 15) is 0 Å². The fourth-order valence-electron chi connectivity index (χ4n) is 2.57. The average Bonchev–Trinajstić information content (AvgIpc) is 2.62. The molecule has 0 aliphatic rings. The Kier molecular flexibility index (Phi) is 3.59. The molecule has 0 unspecified atom stereocenters. The lowest BCUT2D eigenvalue weighted by Gasteiger charge is -2.11. The van der Waals surface area contributed by atoms with Crippen molar-refractivity contribution in [2.24, 2.45) is 0 Å². The van der Waals surface area contributed by atoms with Gasteiger partial charge in [-0.25, -0.2) is 9.97 Å². The quantitative estimate of drug-likeness (QED) is 0.616. The van der Waals surface area contributed by atoms with E-state index in [0.717, 1.165) is 28.0 Å². The maximum atomic E-state index is 4.72. The van der Waals surface area contributed by atoms with E-state index in [1.54, 1.807) is 24.8 Å². The van der Waals surface area contributed by atoms with Gasteiger partial charge in [-0.05, 0) is 42.8 Å². The number of nitrogens with zero attached hydrogens (tertiary/aromatic N) is 4. The van der Waals surface area contributed by atoms with Gasteiger partial charge in [-0.1, -0.05) is 12.1 Å². The second-order valence-electron chi connectivity index (χ2n) is 5.52. The summed E-state index contributed by atoms with van der Waals surface area (Å²) in [5.41, 5.74) is 3.90. The molecule has 3 heterocycles. The van der Waals surface area contributed by atoms with Crippen LogP contribution in [-0.2, 0) is 0 Å². The number of rotatable bonds is 3. The molecule has 116 valence electrons. The summed E-state index contributed by atoms with van der Waals surface area (Å²) in [5, 5.41) is 4.34. The Morgan fingerprint density at radius 2 is 1.71 bits per heavy atom. The fraction of sp³-hybridized carbons (Fsp3) is 0.0526. The minimum Gasteiger partial charge on any atom is -0.340 e. The summed E-state index contributed by atoms with van der Waals surface area (Å²) in [6, 6.07) is 13.9. The number of hydrogen-bond acceptors (Lipinski definition) is 5. The lowest BCUT2D eigenvalue weighted by Crippen LogP contribution is -2.00. The SMILES string of the molecule is Cc1cccc(Nc2nc(-c3ccncc3)nc3cnccc23)c1. The lowest BCUT2D eigenvalue weighted by molar-refractivity contribution is 1.20. The summed E-state index contributed by atoms with van der Waals surface area (Å²) in [7, 11) is 0. The molecule has 0 spiro atoms. The molecule has 0 atom stereocenters. The van der Waals surface area contributed by atoms with Crippen molar-refractivity contribution in [3.63, 3.8) is 0 Å². The van der Waals surface area contributed by atoms with Crippen LogP contribution in [0.4, 0.5) is 11.5 Å². The van der Waals surface area contributed by atoms with Gasteiger partial charge < -0.3 is 5.32 Å². The van der Waals surface area contributed by atoms with Crippen LogP contribution in [0.2, 0.25) is 0 Å². The van der Waals surface area contributed by atoms with Crippen LogP contribution < -0.4 is 5.32 Å². The Morgan fingerprint density at radius 1 is 0.875 bits per heavy atom. The molecule has 5 nitrogen and oxygen atoms in total. The van der Waals surface area contributed by atoms with Gasteiger partial charge in [0.2, 0.25) is 0 Å². The Balaban J connectivity index is 1.86. The second-order valence-corrected chi connectivity index (χ2v) is 5.52. The summed E-state index contributed by atoms with van der Waals surface area (Å²) in [4.78, 5) is 17.6. The molecular formula is C19H15N5. The van der Waals surface area contributed by atoms with E-state index in [2.05, 4.69) is 39.3 Å². The first-order valence-corrected chi connectivity index (χ1v) is 7.65. The van der Waals surface area contributed by atoms with Gasteiger partial charge in [0.25, 0.3) is 0 Å². The number of pyridine rings is 2. The van der Waals surface area contributed by atoms with Gasteiger partial charge in [0.05, 0.1) is 11.7 Å². The third-order valence-electron chi connectivity index (χ3n) is 3.72. The topological polar surface area (TPSA) is 63.6 Å². The molecular weight excluding hydrogens is 298 g/mol. The van der Waals surface area contributed by atoms with Gasteiger partial charge >= 0.3 is 0 Å². The van der Waals surface area contributed by atoms with Crippen molar-refractivity contribution in [3.05, 3.63) is 72.8 Å². The monoisotopic (exact) mass is 313 g/mol. The van der Waals surface area contributed by atoms with Crippen LogP contribution in [0.3, 0.4) is 0 Å². The summed E-state index contributed by atoms with van der Waals surface area (Å²) < 4.78 is 0. The second kappa shape index (κ2) is 6.04. The van der Waals surface area contributed by atoms with Crippen molar-refractivity contribution in [3.8, 4) is 11.4 Å². The van der Waals surface area contributed by atoms with E-state index in [1.165, 1.54) is 5.56 Å². The molecule has 1 N–H and O–H groups in total. The molecule has 0 fully saturated rings. The molecule has 0 radical (unpaired) electrons. The van der Waals surface area contributed by atoms with Crippen molar-refractivity contribution in [1.29, 1.82) is 0 Å². The number of benzene rings is 1. The predicted molar refractivity (Wildman–Crippen MR) is 95.0 cm³/mol. The molecule has 3 aromatic heterocycles. The Labute approximate surface area is 139 Å². The lowest BCUT2D eigenvalue weighted by atomic mass is 10.2. The number of aryl methyl sites for hydroxylation is 1. The van der Waals surface area contributed by atoms with Crippen LogP contribution in [0, 0.1) is 6.92 Å². The molecule has 0 saturated heterocycles. The molecule has 0 bridgehead atoms. The minimum absolute atomic E-state index is 0.646. The highest BCUT2D eigenvalue weighted by Gasteiger charge is 2.10. The van der Waals surface area contributed by atoms with E-state index < -0.39 is 0 Å². The Bertz CT molecular complexity index is 999. The van der Waals surface area contributed by atoms with Crippen LogP contribution in [-0.4, -0.2) is 19.9 Å². The van der Waals surface area contributed by atoms with Gasteiger partial charge in [-0.15, -0.1) is 0 Å². The highest BCUT2D eigenvalue weighted by molar-refractivity contribution is 5.91. The number of hydrogen-bond donors (Lipinski definition) is 1. The highest BCUT2D eigenvalue weighted by Crippen LogP contribution is 2.26. The smallest absolute Gasteiger partial charge is 0.162 e. The maximum Gasteiger partial charge on any atom is 0.162 e. The predicted octanol–water partition coefficient (Wildman–Crippen LogP) is 4.14. The first-order chi connectivity index (χ1) is 11.8. The van der Waals surface area contributed by atoms with Gasteiger partial charge in [0.15, 0.2) is 5.82 Å². The van der Waals surface area contributed by atoms with E-state index in [1.807, 2.05) is 30.3 Å². The van der Waals surface area contributed by atoms with Crippen LogP contribution in [0.1, 0.15) is 5.56 Å². The first-order valence-electron chi connectivity index (χ1n) is 7.65. The van der Waals surface area contributed by atoms with E-state index in [-0.39, 0.29) is 0 Å². The number of nitrogens with one attached hydrogen (secondary N) is 1. The first kappa shape index (κ1) is 14.3. The van der Waals surface area contributed by atoms with Crippen LogP contribution >= 0.6 is 0 Å². The normalized spacial score (nSPS) is 10.7. The number of anilines is 2. The Morgan fingerprint density at radius 3 is 2.54 bits per heavy atom. The average molecular weight is 313 g/mol. The largest absolute Gasteiger partial charge is 0.340 e. The zero-order valence-corrected chi connectivity index (χ0v) is 13.1. The summed E-state index contributed by atoms with van der Waals surface area (Å²) in [5.74, 6) is 1.41. The van der Waals surface area contributed by atoms with E-state index in [4.69, 9.17) is 4.98 Å². The third-order valence-corrected chi connectivity index (χ3v) is 3.72. The number of aromatic nitrogens is 4. The summed E-state index contributed by atoms with van der Waals surface area (Å²) in [6.07, 6.45) is 6.97. The van der Waals surface area contributed by atoms with Crippen molar-refractivity contribution in [2.75, 3.05) is 5.32 Å². The summed E-state index contributed by atoms with van der Waals surface area (Å²) >= 11 is 0. The van der Waals surface area contributed by atoms with Gasteiger partial charge in [0, 0.05) is 35.2 Å². The highest BCUT2D eigenvalue weighted by atomic mass is 15.0. The molecule has 0 aliphatic heterocycles. The third kappa shape index (κ3) is 2.79. The van der Waals surface area contributed by atoms with Crippen molar-refractivity contribution < 1.29 is 0 Å². The van der Waals surface area contributed by atoms with Crippen LogP contribution in [0.25, 0.3) is 22.3 Å². The van der Waals surface area contributed by atoms with Crippen LogP contribution in [0.5, 0.6) is 0 Å². The van der Waals surface area contributed by atoms with Crippen molar-refractivity contribution in [1.82, 2.24) is 19.9 Å². The Hall–Kier alpha value is -3.34. The summed E-state index contributed by atoms with van der Waals surface area (Å²) in [6.45, 7) is 2.07. The molecule has 5 heteroatoms. The van der Waals surface area contributed by atoms with E-state index in [0.29, 0.717) is 5.82 Å². The van der Waals surface area contributed by atoms with Gasteiger partial charge in [-0.3, -0.25) is 9.97 Å². The molecule has 0 saturated carbocycles. The molecule has 4 aromatic rings. The van der Waals surface area contributed by atoms with Crippen LogP contribution in [0.15, 0.2) is 67.3 Å².